The zero-order valence-corrected chi connectivity index (χ0v) is 29.1. The molecule has 0 amide bonds. The molecule has 0 saturated heterocycles. The van der Waals surface area contributed by atoms with Crippen LogP contribution in [0.3, 0.4) is 0 Å². The van der Waals surface area contributed by atoms with Crippen molar-refractivity contribution in [1.82, 2.24) is 4.57 Å². The Hall–Kier alpha value is -6.49. The first-order valence-electron chi connectivity index (χ1n) is 17.5. The van der Waals surface area contributed by atoms with Crippen molar-refractivity contribution in [2.45, 2.75) is 6.61 Å². The fourth-order valence-corrected chi connectivity index (χ4v) is 8.94. The molecule has 3 nitrogen and oxygen atoms in total. The third kappa shape index (κ3) is 4.91. The third-order valence-electron chi connectivity index (χ3n) is 10.2. The van der Waals surface area contributed by atoms with Crippen LogP contribution in [0.5, 0.6) is 5.75 Å². The minimum Gasteiger partial charge on any atom is -0.486 e. The van der Waals surface area contributed by atoms with E-state index in [-0.39, 0.29) is 0 Å². The Morgan fingerprint density at radius 3 is 2.08 bits per heavy atom. The Kier molecular flexibility index (Phi) is 7.22. The van der Waals surface area contributed by atoms with E-state index in [1.807, 2.05) is 0 Å². The molecule has 0 spiro atoms. The first kappa shape index (κ1) is 30.3. The average molecular weight is 685 g/mol. The summed E-state index contributed by atoms with van der Waals surface area (Å²) in [5.74, 6) is 0.744. The molecule has 10 aromatic rings. The van der Waals surface area contributed by atoms with E-state index in [9.17, 15) is 0 Å². The normalized spacial score (nSPS) is 11.6. The van der Waals surface area contributed by atoms with Gasteiger partial charge in [0.2, 0.25) is 0 Å². The van der Waals surface area contributed by atoms with Gasteiger partial charge in [0.15, 0.2) is 5.75 Å². The quantitative estimate of drug-likeness (QED) is 0.154. The molecule has 0 radical (unpaired) electrons. The molecule has 0 atom stereocenters. The van der Waals surface area contributed by atoms with Crippen molar-refractivity contribution in [2.75, 3.05) is 0 Å². The van der Waals surface area contributed by atoms with Crippen molar-refractivity contribution in [3.63, 3.8) is 0 Å². The standard InChI is InChI=1S/C48H32N2OS/c1-49-47-46-39-18-8-10-21-43(39)52-44(46)29-40(33-25-22-32(23-26-33)35-27-24-31-12-5-6-13-34(31)28-35)48(47)51-30-36-14-11-20-42-45(36)38-17-7-9-19-41(38)50(42)37-15-3-2-4-16-37/h2-29H,1,30H2. The molecule has 52 heavy (non-hydrogen) atoms. The summed E-state index contributed by atoms with van der Waals surface area (Å²) >= 11 is 1.78. The fraction of sp³-hybridized carbons (Fsp3) is 0.0208. The summed E-state index contributed by atoms with van der Waals surface area (Å²) in [5, 5.41) is 7.12. The fourth-order valence-electron chi connectivity index (χ4n) is 7.79. The van der Waals surface area contributed by atoms with Crippen LogP contribution in [0.2, 0.25) is 0 Å². The number of benzene rings is 8. The molecule has 10 rings (SSSR count). The second kappa shape index (κ2) is 12.4. The first-order valence-corrected chi connectivity index (χ1v) is 18.3. The lowest BCUT2D eigenvalue weighted by molar-refractivity contribution is 0.310. The predicted molar refractivity (Wildman–Crippen MR) is 222 cm³/mol. The highest BCUT2D eigenvalue weighted by atomic mass is 32.1. The summed E-state index contributed by atoms with van der Waals surface area (Å²) in [5.41, 5.74) is 9.79. The van der Waals surface area contributed by atoms with Gasteiger partial charge in [-0.3, -0.25) is 4.99 Å². The predicted octanol–water partition coefficient (Wildman–Crippen LogP) is 13.5. The van der Waals surface area contributed by atoms with Gasteiger partial charge in [-0.25, -0.2) is 0 Å². The maximum atomic E-state index is 7.02. The minimum absolute atomic E-state index is 0.373. The molecule has 0 saturated carbocycles. The lowest BCUT2D eigenvalue weighted by Gasteiger charge is -2.17. The van der Waals surface area contributed by atoms with Crippen LogP contribution in [0.25, 0.3) is 80.7 Å². The van der Waals surface area contributed by atoms with Gasteiger partial charge < -0.3 is 9.30 Å². The van der Waals surface area contributed by atoms with Crippen molar-refractivity contribution in [3.05, 3.63) is 175 Å². The number of rotatable bonds is 7. The van der Waals surface area contributed by atoms with Crippen molar-refractivity contribution in [2.24, 2.45) is 4.99 Å². The smallest absolute Gasteiger partial charge is 0.153 e. The number of aromatic nitrogens is 1. The molecule has 0 aliphatic carbocycles. The zero-order valence-electron chi connectivity index (χ0n) is 28.3. The van der Waals surface area contributed by atoms with Crippen molar-refractivity contribution < 1.29 is 4.74 Å². The van der Waals surface area contributed by atoms with E-state index in [4.69, 9.17) is 9.73 Å². The molecule has 8 aromatic carbocycles. The van der Waals surface area contributed by atoms with Gasteiger partial charge >= 0.3 is 0 Å². The van der Waals surface area contributed by atoms with Gasteiger partial charge in [-0.05, 0) is 82.2 Å². The van der Waals surface area contributed by atoms with E-state index < -0.39 is 0 Å². The molecular formula is C48H32N2OS. The number of para-hydroxylation sites is 2. The first-order chi connectivity index (χ1) is 25.7. The molecule has 0 unspecified atom stereocenters. The second-order valence-electron chi connectivity index (χ2n) is 13.2. The van der Waals surface area contributed by atoms with Gasteiger partial charge in [0.05, 0.1) is 11.0 Å². The van der Waals surface area contributed by atoms with Crippen molar-refractivity contribution in [1.29, 1.82) is 0 Å². The highest BCUT2D eigenvalue weighted by Crippen LogP contribution is 2.50. The third-order valence-corrected chi connectivity index (χ3v) is 11.3. The van der Waals surface area contributed by atoms with E-state index in [0.717, 1.165) is 49.4 Å². The van der Waals surface area contributed by atoms with Gasteiger partial charge in [0.1, 0.15) is 12.3 Å². The Morgan fingerprint density at radius 1 is 0.538 bits per heavy atom. The average Bonchev–Trinajstić information content (AvgIpc) is 3.76. The summed E-state index contributed by atoms with van der Waals surface area (Å²) in [6.07, 6.45) is 0. The summed E-state index contributed by atoms with van der Waals surface area (Å²) < 4.78 is 11.7. The zero-order chi connectivity index (χ0) is 34.6. The van der Waals surface area contributed by atoms with Gasteiger partial charge in [0.25, 0.3) is 0 Å². The Balaban J connectivity index is 1.12. The van der Waals surface area contributed by atoms with E-state index in [1.165, 1.54) is 48.3 Å². The summed E-state index contributed by atoms with van der Waals surface area (Å²) in [7, 11) is 0. The number of ether oxygens (including phenoxy) is 1. The maximum Gasteiger partial charge on any atom is 0.153 e. The van der Waals surface area contributed by atoms with Crippen LogP contribution in [0.4, 0.5) is 5.69 Å². The van der Waals surface area contributed by atoms with Crippen LogP contribution in [-0.2, 0) is 6.61 Å². The summed E-state index contributed by atoms with van der Waals surface area (Å²) in [4.78, 5) is 4.70. The van der Waals surface area contributed by atoms with Gasteiger partial charge in [-0.1, -0.05) is 127 Å². The number of thiophene rings is 1. The Bertz CT molecular complexity index is 2970. The molecule has 4 heteroatoms. The highest BCUT2D eigenvalue weighted by molar-refractivity contribution is 7.26. The number of aliphatic imine (C=N–C) groups is 1. The van der Waals surface area contributed by atoms with E-state index in [1.54, 1.807) is 11.3 Å². The van der Waals surface area contributed by atoms with Crippen LogP contribution >= 0.6 is 11.3 Å². The number of hydrogen-bond donors (Lipinski definition) is 0. The molecule has 246 valence electrons. The summed E-state index contributed by atoms with van der Waals surface area (Å²) in [6.45, 7) is 4.47. The Labute approximate surface area is 305 Å². The van der Waals surface area contributed by atoms with Crippen molar-refractivity contribution in [3.8, 4) is 33.7 Å². The molecular weight excluding hydrogens is 653 g/mol. The molecule has 0 fully saturated rings. The van der Waals surface area contributed by atoms with Crippen LogP contribution < -0.4 is 4.74 Å². The van der Waals surface area contributed by atoms with E-state index in [2.05, 4.69) is 181 Å². The minimum atomic E-state index is 0.373. The van der Waals surface area contributed by atoms with Crippen LogP contribution in [0, 0.1) is 0 Å². The molecule has 0 aliphatic rings. The Morgan fingerprint density at radius 2 is 1.23 bits per heavy atom. The molecule has 2 heterocycles. The lowest BCUT2D eigenvalue weighted by Crippen LogP contribution is -1.99. The van der Waals surface area contributed by atoms with Gasteiger partial charge in [-0.15, -0.1) is 11.3 Å². The summed E-state index contributed by atoms with van der Waals surface area (Å²) in [6, 6.07) is 60.5. The molecule has 0 bridgehead atoms. The molecule has 2 aromatic heterocycles. The van der Waals surface area contributed by atoms with Gasteiger partial charge in [0, 0.05) is 42.2 Å². The van der Waals surface area contributed by atoms with E-state index in [0.29, 0.717) is 6.61 Å². The van der Waals surface area contributed by atoms with Gasteiger partial charge in [-0.2, -0.15) is 0 Å². The second-order valence-corrected chi connectivity index (χ2v) is 14.2. The van der Waals surface area contributed by atoms with Crippen LogP contribution in [-0.4, -0.2) is 11.3 Å². The maximum absolute atomic E-state index is 7.02. The van der Waals surface area contributed by atoms with Crippen LogP contribution in [0.15, 0.2) is 175 Å². The molecule has 0 aliphatic heterocycles. The lowest BCUT2D eigenvalue weighted by atomic mass is 9.96. The van der Waals surface area contributed by atoms with Crippen molar-refractivity contribution >= 4 is 76.5 Å². The van der Waals surface area contributed by atoms with E-state index >= 15 is 0 Å². The number of nitrogens with zero attached hydrogens (tertiary/aromatic N) is 2. The monoisotopic (exact) mass is 684 g/mol. The number of hydrogen-bond acceptors (Lipinski definition) is 3. The molecule has 0 N–H and O–H groups in total. The highest BCUT2D eigenvalue weighted by Gasteiger charge is 2.21. The topological polar surface area (TPSA) is 26.5 Å². The number of fused-ring (bicyclic) bond motifs is 7. The van der Waals surface area contributed by atoms with Crippen LogP contribution in [0.1, 0.15) is 5.56 Å². The largest absolute Gasteiger partial charge is 0.486 e. The SMILES string of the molecule is C=Nc1c(OCc2cccc3c2c2ccccc2n3-c2ccccc2)c(-c2ccc(-c3ccc4ccccc4c3)cc2)cc2sc3ccccc3c12.